The first kappa shape index (κ1) is 18.4. The third-order valence-electron chi connectivity index (χ3n) is 2.54. The molecule has 0 saturated heterocycles. The van der Waals surface area contributed by atoms with Gasteiger partial charge in [-0.1, -0.05) is 11.6 Å². The van der Waals surface area contributed by atoms with E-state index >= 15 is 0 Å². The van der Waals surface area contributed by atoms with Crippen LogP contribution in [0.1, 0.15) is 22.3 Å². The summed E-state index contributed by atoms with van der Waals surface area (Å²) in [6.45, 7) is 1.57. The quantitative estimate of drug-likeness (QED) is 0.733. The van der Waals surface area contributed by atoms with Crippen molar-refractivity contribution in [1.29, 1.82) is 0 Å². The molecule has 0 unspecified atom stereocenters. The number of hydrogen-bond acceptors (Lipinski definition) is 8. The number of thiophene rings is 1. The number of anilines is 1. The van der Waals surface area contributed by atoms with Gasteiger partial charge >= 0.3 is 11.9 Å². The van der Waals surface area contributed by atoms with Crippen molar-refractivity contribution in [2.45, 2.75) is 13.3 Å². The van der Waals surface area contributed by atoms with Crippen molar-refractivity contribution >= 4 is 57.3 Å². The molecule has 1 N–H and O–H groups in total. The molecule has 0 aromatic carbocycles. The molecule has 128 valence electrons. The van der Waals surface area contributed by atoms with Crippen molar-refractivity contribution in [3.63, 3.8) is 0 Å². The molecule has 1 amide bonds. The van der Waals surface area contributed by atoms with E-state index < -0.39 is 18.5 Å². The molecule has 0 bridgehead atoms. The molecule has 0 atom stereocenters. The zero-order chi connectivity index (χ0) is 17.5. The third kappa shape index (κ3) is 5.59. The largest absolute Gasteiger partial charge is 0.466 e. The summed E-state index contributed by atoms with van der Waals surface area (Å²) in [6, 6.07) is 3.10. The number of ether oxygens (including phenoxy) is 2. The molecular formula is C14H13ClN2O5S2. The van der Waals surface area contributed by atoms with Gasteiger partial charge in [-0.15, -0.1) is 22.7 Å². The van der Waals surface area contributed by atoms with Gasteiger partial charge in [0.1, 0.15) is 4.88 Å². The number of amides is 1. The average molecular weight is 389 g/mol. The van der Waals surface area contributed by atoms with E-state index in [9.17, 15) is 14.4 Å². The summed E-state index contributed by atoms with van der Waals surface area (Å²) < 4.78 is 10.2. The molecule has 10 heteroatoms. The van der Waals surface area contributed by atoms with Gasteiger partial charge in [0.25, 0.3) is 5.91 Å². The van der Waals surface area contributed by atoms with Gasteiger partial charge in [0.15, 0.2) is 11.7 Å². The Hall–Kier alpha value is -1.97. The van der Waals surface area contributed by atoms with Gasteiger partial charge in [0.2, 0.25) is 0 Å². The van der Waals surface area contributed by atoms with Crippen LogP contribution in [0.15, 0.2) is 17.5 Å². The predicted molar refractivity (Wildman–Crippen MR) is 90.7 cm³/mol. The molecule has 24 heavy (non-hydrogen) atoms. The van der Waals surface area contributed by atoms with Crippen molar-refractivity contribution in [1.82, 2.24) is 4.98 Å². The van der Waals surface area contributed by atoms with Crippen LogP contribution in [-0.2, 0) is 25.5 Å². The van der Waals surface area contributed by atoms with E-state index in [1.54, 1.807) is 18.4 Å². The maximum Gasteiger partial charge on any atom is 0.348 e. The molecule has 0 aliphatic heterocycles. The van der Waals surface area contributed by atoms with Gasteiger partial charge in [-0.2, -0.15) is 0 Å². The second kappa shape index (κ2) is 8.76. The minimum absolute atomic E-state index is 0.0360. The lowest BCUT2D eigenvalue weighted by Gasteiger charge is -2.03. The highest BCUT2D eigenvalue weighted by Gasteiger charge is 2.14. The van der Waals surface area contributed by atoms with Crippen LogP contribution >= 0.6 is 34.3 Å². The summed E-state index contributed by atoms with van der Waals surface area (Å²) in [5, 5.41) is 4.46. The Morgan fingerprint density at radius 2 is 2.08 bits per heavy atom. The number of hydrogen-bond donors (Lipinski definition) is 1. The molecule has 0 aliphatic rings. The van der Waals surface area contributed by atoms with E-state index in [0.717, 1.165) is 11.3 Å². The van der Waals surface area contributed by atoms with Crippen molar-refractivity contribution in [3.05, 3.63) is 32.4 Å². The lowest BCUT2D eigenvalue weighted by atomic mass is 10.3. The normalized spacial score (nSPS) is 10.2. The number of thiazole rings is 1. The lowest BCUT2D eigenvalue weighted by molar-refractivity contribution is -0.142. The lowest BCUT2D eigenvalue weighted by Crippen LogP contribution is -2.20. The smallest absolute Gasteiger partial charge is 0.348 e. The molecule has 0 fully saturated rings. The Labute approximate surface area is 150 Å². The monoisotopic (exact) mass is 388 g/mol. The second-order valence-electron chi connectivity index (χ2n) is 4.35. The highest BCUT2D eigenvalue weighted by molar-refractivity contribution is 7.17. The number of carbonyl (C=O) groups excluding carboxylic acids is 3. The topological polar surface area (TPSA) is 94.6 Å². The van der Waals surface area contributed by atoms with E-state index in [0.29, 0.717) is 26.6 Å². The van der Waals surface area contributed by atoms with Gasteiger partial charge in [-0.05, 0) is 19.1 Å². The predicted octanol–water partition coefficient (Wildman–Crippen LogP) is 2.76. The first-order valence-electron chi connectivity index (χ1n) is 6.80. The number of carbonyl (C=O) groups is 3. The SMILES string of the molecule is CCOC(=O)Cc1csc(NC(=O)COC(=O)c2ccc(Cl)s2)n1. The average Bonchev–Trinajstić information content (AvgIpc) is 3.14. The van der Waals surface area contributed by atoms with E-state index in [1.165, 1.54) is 17.4 Å². The molecule has 0 radical (unpaired) electrons. The number of aromatic nitrogens is 1. The van der Waals surface area contributed by atoms with E-state index in [-0.39, 0.29) is 12.4 Å². The molecule has 2 rings (SSSR count). The number of nitrogens with one attached hydrogen (secondary N) is 1. The standard InChI is InChI=1S/C14H13ClN2O5S2/c1-2-21-12(19)5-8-7-23-14(16-8)17-11(18)6-22-13(20)9-3-4-10(15)24-9/h3-4,7H,2,5-6H2,1H3,(H,16,17,18). The summed E-state index contributed by atoms with van der Waals surface area (Å²) in [5.74, 6) is -1.53. The summed E-state index contributed by atoms with van der Waals surface area (Å²) in [4.78, 5) is 39.2. The molecule has 2 aromatic rings. The summed E-state index contributed by atoms with van der Waals surface area (Å²) in [6.07, 6.45) is 0.0360. The number of nitrogens with zero attached hydrogens (tertiary/aromatic N) is 1. The maximum absolute atomic E-state index is 11.8. The number of esters is 2. The minimum atomic E-state index is -0.621. The Morgan fingerprint density at radius 1 is 1.29 bits per heavy atom. The van der Waals surface area contributed by atoms with Crippen LogP contribution in [-0.4, -0.2) is 36.0 Å². The summed E-state index contributed by atoms with van der Waals surface area (Å²) in [5.41, 5.74) is 0.499. The fraction of sp³-hybridized carbons (Fsp3) is 0.286. The van der Waals surface area contributed by atoms with Gasteiger partial charge in [-0.3, -0.25) is 14.9 Å². The van der Waals surface area contributed by atoms with Crippen LogP contribution in [0.3, 0.4) is 0 Å². The van der Waals surface area contributed by atoms with Crippen LogP contribution in [0, 0.1) is 0 Å². The van der Waals surface area contributed by atoms with Crippen LogP contribution in [0.5, 0.6) is 0 Å². The third-order valence-corrected chi connectivity index (χ3v) is 4.56. The van der Waals surface area contributed by atoms with Gasteiger partial charge in [0.05, 0.1) is 23.1 Å². The molecule has 0 spiro atoms. The molecule has 2 aromatic heterocycles. The zero-order valence-corrected chi connectivity index (χ0v) is 14.9. The van der Waals surface area contributed by atoms with Crippen LogP contribution < -0.4 is 5.32 Å². The van der Waals surface area contributed by atoms with Crippen molar-refractivity contribution in [3.8, 4) is 0 Å². The number of rotatable bonds is 7. The van der Waals surface area contributed by atoms with Gasteiger partial charge in [0, 0.05) is 5.38 Å². The Kier molecular flexibility index (Phi) is 6.71. The van der Waals surface area contributed by atoms with Crippen molar-refractivity contribution in [2.24, 2.45) is 0 Å². The maximum atomic E-state index is 11.8. The molecule has 2 heterocycles. The fourth-order valence-electron chi connectivity index (χ4n) is 1.59. The summed E-state index contributed by atoms with van der Waals surface area (Å²) >= 11 is 7.96. The zero-order valence-electron chi connectivity index (χ0n) is 12.5. The fourth-order valence-corrected chi connectivity index (χ4v) is 3.25. The van der Waals surface area contributed by atoms with E-state index in [1.807, 2.05) is 0 Å². The Bertz CT molecular complexity index is 743. The Morgan fingerprint density at radius 3 is 2.75 bits per heavy atom. The summed E-state index contributed by atoms with van der Waals surface area (Å²) in [7, 11) is 0. The molecule has 0 saturated carbocycles. The molecule has 7 nitrogen and oxygen atoms in total. The minimum Gasteiger partial charge on any atom is -0.466 e. The molecular weight excluding hydrogens is 376 g/mol. The van der Waals surface area contributed by atoms with Crippen molar-refractivity contribution < 1.29 is 23.9 Å². The van der Waals surface area contributed by atoms with Gasteiger partial charge < -0.3 is 9.47 Å². The molecule has 0 aliphatic carbocycles. The van der Waals surface area contributed by atoms with Crippen LogP contribution in [0.25, 0.3) is 0 Å². The van der Waals surface area contributed by atoms with E-state index in [4.69, 9.17) is 21.1 Å². The van der Waals surface area contributed by atoms with Crippen LogP contribution in [0.2, 0.25) is 4.34 Å². The van der Waals surface area contributed by atoms with Crippen LogP contribution in [0.4, 0.5) is 5.13 Å². The van der Waals surface area contributed by atoms with Gasteiger partial charge in [-0.25, -0.2) is 9.78 Å². The first-order valence-corrected chi connectivity index (χ1v) is 8.87. The highest BCUT2D eigenvalue weighted by Crippen LogP contribution is 2.22. The van der Waals surface area contributed by atoms with E-state index in [2.05, 4.69) is 10.3 Å². The number of halogens is 1. The Balaban J connectivity index is 1.79. The highest BCUT2D eigenvalue weighted by atomic mass is 35.5. The van der Waals surface area contributed by atoms with Crippen molar-refractivity contribution in [2.75, 3.05) is 18.5 Å². The first-order chi connectivity index (χ1) is 11.5. The second-order valence-corrected chi connectivity index (χ2v) is 6.93.